The zero-order chi connectivity index (χ0) is 21.7. The topological polar surface area (TPSA) is 69.7 Å². The van der Waals surface area contributed by atoms with Crippen molar-refractivity contribution in [2.24, 2.45) is 0 Å². The van der Waals surface area contributed by atoms with Crippen LogP contribution in [0.5, 0.6) is 0 Å². The number of amides is 1. The summed E-state index contributed by atoms with van der Waals surface area (Å²) in [4.78, 5) is 16.5. The first-order valence-electron chi connectivity index (χ1n) is 9.29. The Balaban J connectivity index is 1.59. The van der Waals surface area contributed by atoms with E-state index >= 15 is 0 Å². The number of halogens is 2. The van der Waals surface area contributed by atoms with E-state index in [1.807, 2.05) is 4.90 Å². The number of nitrogens with one attached hydrogen (secondary N) is 1. The van der Waals surface area contributed by atoms with Gasteiger partial charge in [0, 0.05) is 48.9 Å². The van der Waals surface area contributed by atoms with Crippen molar-refractivity contribution in [2.75, 3.05) is 32.7 Å². The van der Waals surface area contributed by atoms with Gasteiger partial charge in [0.1, 0.15) is 5.82 Å². The van der Waals surface area contributed by atoms with Crippen LogP contribution in [0.3, 0.4) is 0 Å². The number of sulfonamides is 1. The lowest BCUT2D eigenvalue weighted by atomic mass is 10.1. The molecular weight excluding hydrogens is 429 g/mol. The number of hydrogen-bond donors (Lipinski definition) is 1. The van der Waals surface area contributed by atoms with E-state index in [2.05, 4.69) is 10.6 Å². The van der Waals surface area contributed by atoms with E-state index in [-0.39, 0.29) is 23.2 Å². The van der Waals surface area contributed by atoms with Crippen LogP contribution < -0.4 is 4.72 Å². The Labute approximate surface area is 180 Å². The summed E-state index contributed by atoms with van der Waals surface area (Å²) in [5, 5.41) is 0.389. The molecule has 158 valence electrons. The van der Waals surface area contributed by atoms with E-state index in [0.717, 1.165) is 0 Å². The highest BCUT2D eigenvalue weighted by Crippen LogP contribution is 2.22. The minimum atomic E-state index is -3.70. The third-order valence-corrected chi connectivity index (χ3v) is 6.65. The molecular formula is C21H21ClFN3O3S. The van der Waals surface area contributed by atoms with Crippen molar-refractivity contribution in [1.29, 1.82) is 0 Å². The van der Waals surface area contributed by atoms with Gasteiger partial charge in [-0.25, -0.2) is 12.8 Å². The fraction of sp³-hybridized carbons (Fsp3) is 0.286. The average molecular weight is 450 g/mol. The molecule has 1 amide bonds. The molecule has 6 nitrogen and oxygen atoms in total. The van der Waals surface area contributed by atoms with Gasteiger partial charge in [-0.2, -0.15) is 4.72 Å². The third-order valence-electron chi connectivity index (χ3n) is 4.88. The van der Waals surface area contributed by atoms with Gasteiger partial charge in [-0.1, -0.05) is 23.6 Å². The molecule has 2 aromatic carbocycles. The zero-order valence-corrected chi connectivity index (χ0v) is 17.7. The Kier molecular flexibility index (Phi) is 7.10. The van der Waals surface area contributed by atoms with Crippen molar-refractivity contribution >= 4 is 27.5 Å². The predicted molar refractivity (Wildman–Crippen MR) is 113 cm³/mol. The number of benzene rings is 2. The van der Waals surface area contributed by atoms with Gasteiger partial charge in [0.25, 0.3) is 5.91 Å². The fourth-order valence-electron chi connectivity index (χ4n) is 3.20. The molecule has 0 atom stereocenters. The summed E-state index contributed by atoms with van der Waals surface area (Å²) in [7, 11) is -3.70. The van der Waals surface area contributed by atoms with Gasteiger partial charge in [0.05, 0.1) is 11.4 Å². The summed E-state index contributed by atoms with van der Waals surface area (Å²) in [5.74, 6) is 1.69. The van der Waals surface area contributed by atoms with Gasteiger partial charge in [0.15, 0.2) is 0 Å². The van der Waals surface area contributed by atoms with Gasteiger partial charge in [-0.3, -0.25) is 9.69 Å². The van der Waals surface area contributed by atoms with E-state index in [1.165, 1.54) is 30.3 Å². The van der Waals surface area contributed by atoms with Crippen molar-refractivity contribution in [3.05, 3.63) is 64.4 Å². The first-order valence-corrected chi connectivity index (χ1v) is 11.2. The van der Waals surface area contributed by atoms with E-state index in [9.17, 15) is 17.6 Å². The van der Waals surface area contributed by atoms with Gasteiger partial charge >= 0.3 is 0 Å². The molecule has 1 aliphatic heterocycles. The Morgan fingerprint density at radius 2 is 1.80 bits per heavy atom. The summed E-state index contributed by atoms with van der Waals surface area (Å²) in [6, 6.07) is 10.3. The molecule has 1 saturated heterocycles. The molecule has 0 spiro atoms. The Bertz CT molecular complexity index is 1040. The molecule has 0 saturated carbocycles. The van der Waals surface area contributed by atoms with Gasteiger partial charge in [-0.05, 0) is 36.4 Å². The molecule has 3 rings (SSSR count). The zero-order valence-electron chi connectivity index (χ0n) is 16.1. The Morgan fingerprint density at radius 1 is 1.13 bits per heavy atom. The standard InChI is InChI=1S/C21H21ClFN3O3S/c1-2-10-24-30(28,29)17-8-6-16(7-9-17)21(27)26-13-11-25(12-14-26)15-18-19(22)4-3-5-20(18)23/h1,3-9,24H,10-15H2. The van der Waals surface area contributed by atoms with Crippen molar-refractivity contribution in [3.8, 4) is 12.3 Å². The molecule has 0 unspecified atom stereocenters. The van der Waals surface area contributed by atoms with E-state index in [0.29, 0.717) is 48.9 Å². The summed E-state index contributed by atoms with van der Waals surface area (Å²) in [6.07, 6.45) is 5.07. The molecule has 9 heteroatoms. The minimum Gasteiger partial charge on any atom is -0.336 e. The quantitative estimate of drug-likeness (QED) is 0.687. The minimum absolute atomic E-state index is 0.0425. The van der Waals surface area contributed by atoms with E-state index in [1.54, 1.807) is 17.0 Å². The fourth-order valence-corrected chi connectivity index (χ4v) is 4.35. The van der Waals surface area contributed by atoms with Crippen molar-refractivity contribution < 1.29 is 17.6 Å². The highest BCUT2D eigenvalue weighted by molar-refractivity contribution is 7.89. The number of terminal acetylenes is 1. The van der Waals surface area contributed by atoms with Crippen LogP contribution in [0.4, 0.5) is 4.39 Å². The molecule has 0 aliphatic carbocycles. The van der Waals surface area contributed by atoms with E-state index in [4.69, 9.17) is 18.0 Å². The molecule has 2 aromatic rings. The first-order chi connectivity index (χ1) is 14.3. The van der Waals surface area contributed by atoms with Crippen LogP contribution in [0.1, 0.15) is 15.9 Å². The monoisotopic (exact) mass is 449 g/mol. The lowest BCUT2D eigenvalue weighted by Gasteiger charge is -2.35. The molecule has 1 aliphatic rings. The SMILES string of the molecule is C#CCNS(=O)(=O)c1ccc(C(=O)N2CCN(Cc3c(F)cccc3Cl)CC2)cc1. The number of carbonyl (C=O) groups is 1. The van der Waals surface area contributed by atoms with Gasteiger partial charge in [0.2, 0.25) is 10.0 Å². The smallest absolute Gasteiger partial charge is 0.253 e. The molecule has 1 N–H and O–H groups in total. The predicted octanol–water partition coefficient (Wildman–Crippen LogP) is 2.35. The lowest BCUT2D eigenvalue weighted by Crippen LogP contribution is -2.48. The van der Waals surface area contributed by atoms with Crippen LogP contribution in [-0.4, -0.2) is 56.8 Å². The number of nitrogens with zero attached hydrogens (tertiary/aromatic N) is 2. The van der Waals surface area contributed by atoms with Crippen molar-refractivity contribution in [3.63, 3.8) is 0 Å². The second-order valence-electron chi connectivity index (χ2n) is 6.82. The highest BCUT2D eigenvalue weighted by Gasteiger charge is 2.24. The summed E-state index contributed by atoms with van der Waals surface area (Å²) in [6.45, 7) is 2.40. The number of carbonyl (C=O) groups excluding carboxylic acids is 1. The molecule has 0 radical (unpaired) electrons. The summed E-state index contributed by atoms with van der Waals surface area (Å²) >= 11 is 6.09. The maximum absolute atomic E-state index is 14.0. The van der Waals surface area contributed by atoms with Crippen LogP contribution in [0.2, 0.25) is 5.02 Å². The van der Waals surface area contributed by atoms with Crippen LogP contribution in [-0.2, 0) is 16.6 Å². The Morgan fingerprint density at radius 3 is 2.40 bits per heavy atom. The second kappa shape index (κ2) is 9.58. The third kappa shape index (κ3) is 5.18. The normalized spacial score (nSPS) is 15.0. The van der Waals surface area contributed by atoms with E-state index < -0.39 is 10.0 Å². The number of rotatable bonds is 6. The Hall–Kier alpha value is -2.44. The summed E-state index contributed by atoms with van der Waals surface area (Å²) in [5.41, 5.74) is 0.852. The van der Waals surface area contributed by atoms with Crippen molar-refractivity contribution in [2.45, 2.75) is 11.4 Å². The van der Waals surface area contributed by atoms with Crippen molar-refractivity contribution in [1.82, 2.24) is 14.5 Å². The molecule has 0 aromatic heterocycles. The number of hydrogen-bond acceptors (Lipinski definition) is 4. The van der Waals surface area contributed by atoms with Crippen LogP contribution in [0.25, 0.3) is 0 Å². The van der Waals surface area contributed by atoms with Crippen LogP contribution in [0, 0.1) is 18.2 Å². The molecule has 0 bridgehead atoms. The first kappa shape index (κ1) is 22.2. The van der Waals surface area contributed by atoms with Gasteiger partial charge < -0.3 is 4.90 Å². The maximum Gasteiger partial charge on any atom is 0.253 e. The average Bonchev–Trinajstić information content (AvgIpc) is 2.75. The molecule has 1 heterocycles. The van der Waals surface area contributed by atoms with Crippen LogP contribution in [0.15, 0.2) is 47.4 Å². The number of piperazine rings is 1. The van der Waals surface area contributed by atoms with Gasteiger partial charge in [-0.15, -0.1) is 6.42 Å². The molecule has 30 heavy (non-hydrogen) atoms. The lowest BCUT2D eigenvalue weighted by molar-refractivity contribution is 0.0627. The highest BCUT2D eigenvalue weighted by atomic mass is 35.5. The molecule has 1 fully saturated rings. The largest absolute Gasteiger partial charge is 0.336 e. The second-order valence-corrected chi connectivity index (χ2v) is 9.00. The van der Waals surface area contributed by atoms with Crippen LogP contribution >= 0.6 is 11.6 Å². The maximum atomic E-state index is 14.0. The summed E-state index contributed by atoms with van der Waals surface area (Å²) < 4.78 is 40.4.